The first kappa shape index (κ1) is 17.2. The molecule has 0 heterocycles. The fourth-order valence-electron chi connectivity index (χ4n) is 1.76. The minimum atomic E-state index is -3.65. The molecule has 7 heteroatoms. The second-order valence-electron chi connectivity index (χ2n) is 4.10. The van der Waals surface area contributed by atoms with Crippen molar-refractivity contribution >= 4 is 49.2 Å². The molecule has 0 saturated carbocycles. The molecule has 0 aliphatic rings. The fourth-order valence-corrected chi connectivity index (χ4v) is 5.26. The van der Waals surface area contributed by atoms with E-state index in [0.717, 1.165) is 12.8 Å². The third-order valence-corrected chi connectivity index (χ3v) is 5.79. The maximum atomic E-state index is 12.6. The van der Waals surface area contributed by atoms with Crippen molar-refractivity contribution in [3.63, 3.8) is 0 Å². The van der Waals surface area contributed by atoms with Crippen LogP contribution in [0.1, 0.15) is 26.7 Å². The van der Waals surface area contributed by atoms with Gasteiger partial charge in [-0.2, -0.15) is 4.31 Å². The Balaban J connectivity index is 3.33. The van der Waals surface area contributed by atoms with Gasteiger partial charge < -0.3 is 0 Å². The van der Waals surface area contributed by atoms with E-state index in [1.54, 1.807) is 0 Å². The van der Waals surface area contributed by atoms with Gasteiger partial charge in [0.25, 0.3) is 0 Å². The standard InChI is InChI=1S/C12H16BrCl2NO2S/c1-3-5-16(6-4-2)19(17,18)12-10(14)7-9(13)8-11(12)15/h7-8H,3-6H2,1-2H3. The first-order chi connectivity index (χ1) is 8.84. The molecule has 1 aromatic carbocycles. The largest absolute Gasteiger partial charge is 0.246 e. The molecule has 0 bridgehead atoms. The van der Waals surface area contributed by atoms with Crippen LogP contribution in [0.15, 0.2) is 21.5 Å². The summed E-state index contributed by atoms with van der Waals surface area (Å²) in [5, 5.41) is 0.271. The minimum absolute atomic E-state index is 0.0130. The van der Waals surface area contributed by atoms with E-state index in [9.17, 15) is 8.42 Å². The van der Waals surface area contributed by atoms with E-state index in [1.165, 1.54) is 16.4 Å². The molecule has 0 aliphatic heterocycles. The van der Waals surface area contributed by atoms with E-state index in [1.807, 2.05) is 13.8 Å². The van der Waals surface area contributed by atoms with Crippen molar-refractivity contribution in [2.75, 3.05) is 13.1 Å². The molecule has 0 amide bonds. The quantitative estimate of drug-likeness (QED) is 0.715. The number of benzene rings is 1. The summed E-state index contributed by atoms with van der Waals surface area (Å²) in [7, 11) is -3.65. The highest BCUT2D eigenvalue weighted by atomic mass is 79.9. The second kappa shape index (κ2) is 7.27. The molecule has 108 valence electrons. The van der Waals surface area contributed by atoms with Gasteiger partial charge in [0.15, 0.2) is 0 Å². The van der Waals surface area contributed by atoms with Crippen LogP contribution in [0.4, 0.5) is 0 Å². The number of nitrogens with zero attached hydrogens (tertiary/aromatic N) is 1. The van der Waals surface area contributed by atoms with Crippen molar-refractivity contribution in [2.24, 2.45) is 0 Å². The number of rotatable bonds is 6. The van der Waals surface area contributed by atoms with Gasteiger partial charge in [0.05, 0.1) is 10.0 Å². The molecule has 1 aromatic rings. The first-order valence-corrected chi connectivity index (χ1v) is 8.98. The topological polar surface area (TPSA) is 37.4 Å². The fraction of sp³-hybridized carbons (Fsp3) is 0.500. The maximum Gasteiger partial charge on any atom is 0.246 e. The van der Waals surface area contributed by atoms with Crippen LogP contribution in [0.5, 0.6) is 0 Å². The first-order valence-electron chi connectivity index (χ1n) is 5.99. The third kappa shape index (κ3) is 4.08. The number of hydrogen-bond donors (Lipinski definition) is 0. The van der Waals surface area contributed by atoms with Crippen molar-refractivity contribution in [1.29, 1.82) is 0 Å². The van der Waals surface area contributed by atoms with Crippen molar-refractivity contribution in [3.05, 3.63) is 26.7 Å². The Morgan fingerprint density at radius 3 is 1.89 bits per heavy atom. The summed E-state index contributed by atoms with van der Waals surface area (Å²) >= 11 is 15.3. The highest BCUT2D eigenvalue weighted by Gasteiger charge is 2.28. The number of sulfonamides is 1. The lowest BCUT2D eigenvalue weighted by Crippen LogP contribution is -2.33. The molecule has 3 nitrogen and oxygen atoms in total. The van der Waals surface area contributed by atoms with Crippen LogP contribution >= 0.6 is 39.1 Å². The van der Waals surface area contributed by atoms with E-state index in [4.69, 9.17) is 23.2 Å². The van der Waals surface area contributed by atoms with Crippen LogP contribution in [-0.2, 0) is 10.0 Å². The summed E-state index contributed by atoms with van der Waals surface area (Å²) < 4.78 is 27.3. The van der Waals surface area contributed by atoms with Crippen LogP contribution < -0.4 is 0 Å². The molecule has 0 spiro atoms. The molecule has 0 radical (unpaired) electrons. The van der Waals surface area contributed by atoms with Gasteiger partial charge in [-0.3, -0.25) is 0 Å². The molecule has 0 unspecified atom stereocenters. The minimum Gasteiger partial charge on any atom is -0.207 e. The van der Waals surface area contributed by atoms with Gasteiger partial charge in [0.1, 0.15) is 4.90 Å². The predicted molar refractivity (Wildman–Crippen MR) is 83.5 cm³/mol. The van der Waals surface area contributed by atoms with E-state index in [0.29, 0.717) is 17.6 Å². The Kier molecular flexibility index (Phi) is 6.60. The van der Waals surface area contributed by atoms with Crippen molar-refractivity contribution < 1.29 is 8.42 Å². The SMILES string of the molecule is CCCN(CCC)S(=O)(=O)c1c(Cl)cc(Br)cc1Cl. The monoisotopic (exact) mass is 387 g/mol. The van der Waals surface area contributed by atoms with E-state index < -0.39 is 10.0 Å². The van der Waals surface area contributed by atoms with Crippen molar-refractivity contribution in [2.45, 2.75) is 31.6 Å². The van der Waals surface area contributed by atoms with Gasteiger partial charge in [-0.05, 0) is 25.0 Å². The zero-order valence-electron chi connectivity index (χ0n) is 10.8. The lowest BCUT2D eigenvalue weighted by atomic mass is 10.4. The zero-order valence-corrected chi connectivity index (χ0v) is 14.7. The third-order valence-electron chi connectivity index (χ3n) is 2.51. The second-order valence-corrected chi connectivity index (χ2v) is 7.71. The van der Waals surface area contributed by atoms with Crippen LogP contribution in [0.2, 0.25) is 10.0 Å². The normalized spacial score (nSPS) is 12.1. The molecule has 0 aromatic heterocycles. The summed E-state index contributed by atoms with van der Waals surface area (Å²) in [6.45, 7) is 4.78. The maximum absolute atomic E-state index is 12.6. The predicted octanol–water partition coefficient (Wildman–Crippen LogP) is 4.57. The molecule has 0 atom stereocenters. The Bertz CT molecular complexity index is 520. The van der Waals surface area contributed by atoms with Crippen molar-refractivity contribution in [3.8, 4) is 0 Å². The Hall–Kier alpha value is 0.190. The highest BCUT2D eigenvalue weighted by Crippen LogP contribution is 2.34. The molecule has 0 saturated heterocycles. The van der Waals surface area contributed by atoms with E-state index >= 15 is 0 Å². The van der Waals surface area contributed by atoms with Gasteiger partial charge in [0, 0.05) is 17.6 Å². The summed E-state index contributed by atoms with van der Waals surface area (Å²) in [4.78, 5) is -0.0130. The summed E-state index contributed by atoms with van der Waals surface area (Å²) in [5.41, 5.74) is 0. The van der Waals surface area contributed by atoms with Crippen LogP contribution in [0, 0.1) is 0 Å². The summed E-state index contributed by atoms with van der Waals surface area (Å²) in [5.74, 6) is 0. The molecular formula is C12H16BrCl2NO2S. The molecule has 0 fully saturated rings. The zero-order chi connectivity index (χ0) is 14.6. The van der Waals surface area contributed by atoms with Crippen LogP contribution in [0.25, 0.3) is 0 Å². The molecule has 19 heavy (non-hydrogen) atoms. The Morgan fingerprint density at radius 1 is 1.11 bits per heavy atom. The molecule has 0 N–H and O–H groups in total. The molecular weight excluding hydrogens is 373 g/mol. The summed E-state index contributed by atoms with van der Waals surface area (Å²) in [6, 6.07) is 3.08. The van der Waals surface area contributed by atoms with Gasteiger partial charge in [-0.25, -0.2) is 8.42 Å². The van der Waals surface area contributed by atoms with E-state index in [2.05, 4.69) is 15.9 Å². The summed E-state index contributed by atoms with van der Waals surface area (Å²) in [6.07, 6.45) is 1.48. The van der Waals surface area contributed by atoms with Gasteiger partial charge >= 0.3 is 0 Å². The Morgan fingerprint density at radius 2 is 1.53 bits per heavy atom. The average molecular weight is 389 g/mol. The molecule has 1 rings (SSSR count). The average Bonchev–Trinajstić information content (AvgIpc) is 2.26. The lowest BCUT2D eigenvalue weighted by Gasteiger charge is -2.22. The molecule has 0 aliphatic carbocycles. The van der Waals surface area contributed by atoms with Gasteiger partial charge in [-0.1, -0.05) is 53.0 Å². The van der Waals surface area contributed by atoms with Crippen molar-refractivity contribution in [1.82, 2.24) is 4.31 Å². The van der Waals surface area contributed by atoms with Gasteiger partial charge in [0.2, 0.25) is 10.0 Å². The van der Waals surface area contributed by atoms with Crippen LogP contribution in [-0.4, -0.2) is 25.8 Å². The number of halogens is 3. The lowest BCUT2D eigenvalue weighted by molar-refractivity contribution is 0.410. The Labute approximate surface area is 133 Å². The van der Waals surface area contributed by atoms with E-state index in [-0.39, 0.29) is 14.9 Å². The smallest absolute Gasteiger partial charge is 0.207 e. The van der Waals surface area contributed by atoms with Gasteiger partial charge in [-0.15, -0.1) is 0 Å². The highest BCUT2D eigenvalue weighted by molar-refractivity contribution is 9.10. The number of hydrogen-bond acceptors (Lipinski definition) is 2. The van der Waals surface area contributed by atoms with Crippen LogP contribution in [0.3, 0.4) is 0 Å².